The van der Waals surface area contributed by atoms with E-state index in [1.54, 1.807) is 72.8 Å². The number of aromatic amines is 1. The molecule has 34 heavy (non-hydrogen) atoms. The van der Waals surface area contributed by atoms with Gasteiger partial charge in [-0.05, 0) is 48.0 Å². The number of ether oxygens (including phenoxy) is 1. The average molecular weight is 455 g/mol. The zero-order chi connectivity index (χ0) is 24.1. The van der Waals surface area contributed by atoms with E-state index < -0.39 is 12.6 Å². The Morgan fingerprint density at radius 2 is 1.65 bits per heavy atom. The van der Waals surface area contributed by atoms with Crippen molar-refractivity contribution < 1.29 is 19.1 Å². The molecule has 0 atom stereocenters. The number of benzene rings is 3. The number of carbonyl (C=O) groups is 3. The highest BCUT2D eigenvalue weighted by atomic mass is 16.5. The second-order valence-electron chi connectivity index (χ2n) is 7.62. The molecule has 0 radical (unpaired) electrons. The van der Waals surface area contributed by atoms with Gasteiger partial charge in [0.05, 0.1) is 16.5 Å². The van der Waals surface area contributed by atoms with Crippen LogP contribution in [0.25, 0.3) is 10.9 Å². The van der Waals surface area contributed by atoms with Gasteiger partial charge in [0.2, 0.25) is 5.91 Å². The summed E-state index contributed by atoms with van der Waals surface area (Å²) in [5.41, 5.74) is 2.13. The van der Waals surface area contributed by atoms with Gasteiger partial charge in [0.25, 0.3) is 5.56 Å². The number of carbonyl (C=O) groups excluding carboxylic acids is 3. The molecule has 0 bridgehead atoms. The monoisotopic (exact) mass is 455 g/mol. The Hall–Kier alpha value is -4.59. The van der Waals surface area contributed by atoms with Crippen LogP contribution in [0.1, 0.15) is 39.0 Å². The molecule has 0 unspecified atom stereocenters. The van der Waals surface area contributed by atoms with E-state index in [1.165, 1.54) is 6.92 Å². The first-order chi connectivity index (χ1) is 16.4. The molecule has 1 aromatic heterocycles. The largest absolute Gasteiger partial charge is 0.454 e. The Balaban J connectivity index is 1.46. The second-order valence-corrected chi connectivity index (χ2v) is 7.62. The standard InChI is InChI=1S/C26H21N3O5/c1-16(30)27-19-12-10-17(11-13-19)23(31)15-34-26(33)20-7-3-2-6-18(20)14-24-28-22-9-5-4-8-21(22)25(32)29-24/h2-13H,14-15H2,1H3,(H,27,30)(H,28,29,32). The SMILES string of the molecule is CC(=O)Nc1ccc(C(=O)COC(=O)c2ccccc2Cc2nc3ccccc3c(=O)[nH]2)cc1. The molecule has 8 nitrogen and oxygen atoms in total. The molecular weight excluding hydrogens is 434 g/mol. The number of fused-ring (bicyclic) bond motifs is 1. The first-order valence-corrected chi connectivity index (χ1v) is 10.5. The number of nitrogens with one attached hydrogen (secondary N) is 2. The fourth-order valence-electron chi connectivity index (χ4n) is 3.51. The van der Waals surface area contributed by atoms with Crippen LogP contribution >= 0.6 is 0 Å². The van der Waals surface area contributed by atoms with Crippen LogP contribution in [-0.4, -0.2) is 34.2 Å². The summed E-state index contributed by atoms with van der Waals surface area (Å²) in [4.78, 5) is 55.9. The number of nitrogens with zero attached hydrogens (tertiary/aromatic N) is 1. The Kier molecular flexibility index (Phi) is 6.59. The van der Waals surface area contributed by atoms with E-state index in [-0.39, 0.29) is 29.2 Å². The lowest BCUT2D eigenvalue weighted by Gasteiger charge is -2.10. The van der Waals surface area contributed by atoms with Crippen LogP contribution in [0.3, 0.4) is 0 Å². The number of esters is 1. The van der Waals surface area contributed by atoms with Gasteiger partial charge in [0, 0.05) is 24.6 Å². The molecule has 3 aromatic carbocycles. The molecule has 4 aromatic rings. The lowest BCUT2D eigenvalue weighted by Crippen LogP contribution is -2.17. The van der Waals surface area contributed by atoms with Crippen LogP contribution in [0.4, 0.5) is 5.69 Å². The molecule has 170 valence electrons. The molecular formula is C26H21N3O5. The molecule has 8 heteroatoms. The summed E-state index contributed by atoms with van der Waals surface area (Å²) >= 11 is 0. The van der Waals surface area contributed by atoms with Crippen LogP contribution in [0.2, 0.25) is 0 Å². The van der Waals surface area contributed by atoms with E-state index in [4.69, 9.17) is 4.74 Å². The van der Waals surface area contributed by atoms with Crippen molar-refractivity contribution in [1.29, 1.82) is 0 Å². The van der Waals surface area contributed by atoms with Crippen molar-refractivity contribution in [3.05, 3.63) is 106 Å². The number of H-pyrrole nitrogens is 1. The van der Waals surface area contributed by atoms with Gasteiger partial charge in [0.1, 0.15) is 5.82 Å². The van der Waals surface area contributed by atoms with Gasteiger partial charge in [-0.25, -0.2) is 9.78 Å². The summed E-state index contributed by atoms with van der Waals surface area (Å²) in [5, 5.41) is 3.11. The van der Waals surface area contributed by atoms with E-state index in [2.05, 4.69) is 15.3 Å². The van der Waals surface area contributed by atoms with Crippen molar-refractivity contribution in [3.63, 3.8) is 0 Å². The molecule has 0 aliphatic carbocycles. The summed E-state index contributed by atoms with van der Waals surface area (Å²) in [5.74, 6) is -0.823. The molecule has 4 rings (SSSR count). The van der Waals surface area contributed by atoms with Crippen LogP contribution in [-0.2, 0) is 16.0 Å². The topological polar surface area (TPSA) is 118 Å². The van der Waals surface area contributed by atoms with Crippen molar-refractivity contribution in [2.45, 2.75) is 13.3 Å². The fraction of sp³-hybridized carbons (Fsp3) is 0.115. The Labute approximate surface area is 194 Å². The predicted octanol–water partition coefficient (Wildman–Crippen LogP) is 3.51. The summed E-state index contributed by atoms with van der Waals surface area (Å²) in [7, 11) is 0. The summed E-state index contributed by atoms with van der Waals surface area (Å²) in [6.07, 6.45) is 0.212. The number of ketones is 1. The van der Waals surface area contributed by atoms with E-state index in [0.29, 0.717) is 33.5 Å². The Morgan fingerprint density at radius 3 is 2.41 bits per heavy atom. The Morgan fingerprint density at radius 1 is 0.941 bits per heavy atom. The maximum Gasteiger partial charge on any atom is 0.338 e. The predicted molar refractivity (Wildman–Crippen MR) is 127 cm³/mol. The van der Waals surface area contributed by atoms with Gasteiger partial charge in [-0.2, -0.15) is 0 Å². The third-order valence-corrected chi connectivity index (χ3v) is 5.12. The highest BCUT2D eigenvalue weighted by molar-refractivity contribution is 6.00. The number of hydrogen-bond donors (Lipinski definition) is 2. The molecule has 0 aliphatic heterocycles. The van der Waals surface area contributed by atoms with Crippen LogP contribution in [0.15, 0.2) is 77.6 Å². The van der Waals surface area contributed by atoms with Crippen molar-refractivity contribution in [3.8, 4) is 0 Å². The minimum atomic E-state index is -0.651. The third kappa shape index (κ3) is 5.24. The minimum absolute atomic E-state index is 0.212. The highest BCUT2D eigenvalue weighted by Crippen LogP contribution is 2.16. The number of anilines is 1. The average Bonchev–Trinajstić information content (AvgIpc) is 2.83. The maximum absolute atomic E-state index is 12.7. The molecule has 0 saturated carbocycles. The van der Waals surface area contributed by atoms with Gasteiger partial charge in [-0.1, -0.05) is 30.3 Å². The highest BCUT2D eigenvalue weighted by Gasteiger charge is 2.16. The number of amides is 1. The molecule has 1 heterocycles. The summed E-state index contributed by atoms with van der Waals surface area (Å²) in [6.45, 7) is 0.960. The first kappa shape index (κ1) is 22.6. The maximum atomic E-state index is 12.7. The number of para-hydroxylation sites is 1. The lowest BCUT2D eigenvalue weighted by atomic mass is 10.0. The van der Waals surface area contributed by atoms with Crippen molar-refractivity contribution in [1.82, 2.24) is 9.97 Å². The molecule has 0 saturated heterocycles. The smallest absolute Gasteiger partial charge is 0.338 e. The molecule has 1 amide bonds. The van der Waals surface area contributed by atoms with E-state index in [0.717, 1.165) is 0 Å². The lowest BCUT2D eigenvalue weighted by molar-refractivity contribution is -0.114. The van der Waals surface area contributed by atoms with Gasteiger partial charge in [0.15, 0.2) is 12.4 Å². The summed E-state index contributed by atoms with van der Waals surface area (Å²) in [6, 6.07) is 20.1. The molecule has 2 N–H and O–H groups in total. The number of Topliss-reactive ketones (excluding diaryl/α,β-unsaturated/α-hetero) is 1. The molecule has 0 aliphatic rings. The number of rotatable bonds is 7. The van der Waals surface area contributed by atoms with Gasteiger partial charge in [-0.3, -0.25) is 14.4 Å². The quantitative estimate of drug-likeness (QED) is 0.325. The zero-order valence-corrected chi connectivity index (χ0v) is 18.3. The van der Waals surface area contributed by atoms with E-state index >= 15 is 0 Å². The van der Waals surface area contributed by atoms with Gasteiger partial charge < -0.3 is 15.0 Å². The minimum Gasteiger partial charge on any atom is -0.454 e. The summed E-state index contributed by atoms with van der Waals surface area (Å²) < 4.78 is 5.26. The third-order valence-electron chi connectivity index (χ3n) is 5.12. The Bertz CT molecular complexity index is 1440. The van der Waals surface area contributed by atoms with Crippen molar-refractivity contribution in [2.75, 3.05) is 11.9 Å². The fourth-order valence-corrected chi connectivity index (χ4v) is 3.51. The van der Waals surface area contributed by atoms with E-state index in [1.807, 2.05) is 0 Å². The number of aromatic nitrogens is 2. The van der Waals surface area contributed by atoms with Crippen molar-refractivity contribution in [2.24, 2.45) is 0 Å². The van der Waals surface area contributed by atoms with Crippen LogP contribution < -0.4 is 10.9 Å². The van der Waals surface area contributed by atoms with Crippen LogP contribution in [0.5, 0.6) is 0 Å². The van der Waals surface area contributed by atoms with Crippen LogP contribution in [0, 0.1) is 0 Å². The first-order valence-electron chi connectivity index (χ1n) is 10.5. The van der Waals surface area contributed by atoms with Gasteiger partial charge in [-0.15, -0.1) is 0 Å². The second kappa shape index (κ2) is 9.91. The number of hydrogen-bond acceptors (Lipinski definition) is 6. The zero-order valence-electron chi connectivity index (χ0n) is 18.3. The molecule has 0 fully saturated rings. The van der Waals surface area contributed by atoms with Crippen molar-refractivity contribution >= 4 is 34.3 Å². The molecule has 0 spiro atoms. The van der Waals surface area contributed by atoms with Gasteiger partial charge >= 0.3 is 5.97 Å². The normalized spacial score (nSPS) is 10.6. The van der Waals surface area contributed by atoms with E-state index in [9.17, 15) is 19.2 Å².